The molecule has 2 nitrogen and oxygen atoms in total. The molecule has 1 rings (SSSR count). The van der Waals surface area contributed by atoms with Gasteiger partial charge in [0.2, 0.25) is 0 Å². The van der Waals surface area contributed by atoms with Gasteiger partial charge in [-0.15, -0.1) is 0 Å². The first kappa shape index (κ1) is 9.41. The van der Waals surface area contributed by atoms with Gasteiger partial charge >= 0.3 is 6.18 Å². The first-order valence-corrected chi connectivity index (χ1v) is 3.45. The summed E-state index contributed by atoms with van der Waals surface area (Å²) in [7, 11) is 0. The molecule has 0 aromatic carbocycles. The third-order valence-electron chi connectivity index (χ3n) is 1.38. The van der Waals surface area contributed by atoms with E-state index in [-0.39, 0.29) is 10.7 Å². The molecule has 1 atom stereocenters. The van der Waals surface area contributed by atoms with E-state index in [2.05, 4.69) is 4.98 Å². The Balaban J connectivity index is 2.85. The van der Waals surface area contributed by atoms with Crippen LogP contribution < -0.4 is 5.73 Å². The summed E-state index contributed by atoms with van der Waals surface area (Å²) in [6.07, 6.45) is -3.29. The van der Waals surface area contributed by atoms with E-state index >= 15 is 0 Å². The van der Waals surface area contributed by atoms with Crippen LogP contribution in [0.3, 0.4) is 0 Å². The smallest absolute Gasteiger partial charge is 0.352 e. The molecule has 68 valence electrons. The lowest BCUT2D eigenvalue weighted by molar-refractivity contribution is -0.149. The van der Waals surface area contributed by atoms with Gasteiger partial charge in [0.15, 0.2) is 0 Å². The number of aromatic nitrogens is 1. The van der Waals surface area contributed by atoms with Crippen molar-refractivity contribution in [1.82, 2.24) is 4.98 Å². The van der Waals surface area contributed by atoms with E-state index in [1.54, 1.807) is 0 Å². The fraction of sp³-hybridized carbons (Fsp3) is 0.333. The second kappa shape index (κ2) is 2.99. The van der Waals surface area contributed by atoms with Gasteiger partial charge in [0, 0.05) is 6.20 Å². The van der Waals surface area contributed by atoms with Gasteiger partial charge in [0.25, 0.3) is 0 Å². The first-order valence-electron chi connectivity index (χ1n) is 3.07. The number of rotatable bonds is 1. The SMILES string of the molecule is NC(c1c[nH]c(Cl)c1)C(F)(F)F. The van der Waals surface area contributed by atoms with Crippen LogP contribution in [0, 0.1) is 0 Å². The normalized spacial score (nSPS) is 14.8. The Labute approximate surface area is 71.5 Å². The van der Waals surface area contributed by atoms with Crippen LogP contribution in [0.25, 0.3) is 0 Å². The van der Waals surface area contributed by atoms with Crippen molar-refractivity contribution in [3.8, 4) is 0 Å². The van der Waals surface area contributed by atoms with Crippen molar-refractivity contribution in [1.29, 1.82) is 0 Å². The Kier molecular flexibility index (Phi) is 2.34. The Morgan fingerprint density at radius 2 is 2.08 bits per heavy atom. The highest BCUT2D eigenvalue weighted by Crippen LogP contribution is 2.31. The number of nitrogens with one attached hydrogen (secondary N) is 1. The predicted molar refractivity (Wildman–Crippen MR) is 38.8 cm³/mol. The van der Waals surface area contributed by atoms with Crippen molar-refractivity contribution in [3.63, 3.8) is 0 Å². The second-order valence-electron chi connectivity index (χ2n) is 2.30. The summed E-state index contributed by atoms with van der Waals surface area (Å²) >= 11 is 5.38. The molecule has 0 aliphatic heterocycles. The molecule has 0 aliphatic carbocycles. The molecule has 0 amide bonds. The van der Waals surface area contributed by atoms with Gasteiger partial charge in [0.05, 0.1) is 0 Å². The summed E-state index contributed by atoms with van der Waals surface area (Å²) in [6, 6.07) is -0.819. The van der Waals surface area contributed by atoms with Crippen molar-refractivity contribution in [2.24, 2.45) is 5.73 Å². The molecular weight excluding hydrogens is 193 g/mol. The van der Waals surface area contributed by atoms with Crippen LogP contribution in [0.2, 0.25) is 5.15 Å². The van der Waals surface area contributed by atoms with Gasteiger partial charge in [-0.1, -0.05) is 11.6 Å². The summed E-state index contributed by atoms with van der Waals surface area (Å²) < 4.78 is 35.9. The zero-order chi connectivity index (χ0) is 9.35. The minimum absolute atomic E-state index is 0.0625. The molecule has 1 aromatic heterocycles. The van der Waals surface area contributed by atoms with Gasteiger partial charge in [0.1, 0.15) is 11.2 Å². The molecule has 0 fully saturated rings. The number of hydrogen-bond acceptors (Lipinski definition) is 1. The van der Waals surface area contributed by atoms with E-state index in [0.717, 1.165) is 12.3 Å². The minimum Gasteiger partial charge on any atom is -0.352 e. The van der Waals surface area contributed by atoms with Crippen LogP contribution in [0.4, 0.5) is 13.2 Å². The monoisotopic (exact) mass is 198 g/mol. The Bertz CT molecular complexity index is 268. The molecule has 6 heteroatoms. The average Bonchev–Trinajstić information content (AvgIpc) is 2.32. The fourth-order valence-corrected chi connectivity index (χ4v) is 0.931. The Morgan fingerprint density at radius 3 is 2.42 bits per heavy atom. The molecule has 0 bridgehead atoms. The standard InChI is InChI=1S/C6H6ClF3N2/c7-4-1-3(2-12-4)5(11)6(8,9)10/h1-2,5,12H,11H2. The summed E-state index contributed by atoms with van der Waals surface area (Å²) in [5, 5.41) is 0.143. The average molecular weight is 199 g/mol. The first-order chi connectivity index (χ1) is 5.41. The highest BCUT2D eigenvalue weighted by molar-refractivity contribution is 6.29. The zero-order valence-corrected chi connectivity index (χ0v) is 6.58. The number of alkyl halides is 3. The highest BCUT2D eigenvalue weighted by Gasteiger charge is 2.38. The maximum Gasteiger partial charge on any atom is 0.407 e. The lowest BCUT2D eigenvalue weighted by atomic mass is 10.1. The number of hydrogen-bond donors (Lipinski definition) is 2. The molecule has 0 spiro atoms. The molecule has 12 heavy (non-hydrogen) atoms. The van der Waals surface area contributed by atoms with E-state index in [1.807, 2.05) is 0 Å². The largest absolute Gasteiger partial charge is 0.407 e. The lowest BCUT2D eigenvalue weighted by Crippen LogP contribution is -2.27. The maximum atomic E-state index is 12.0. The highest BCUT2D eigenvalue weighted by atomic mass is 35.5. The van der Waals surface area contributed by atoms with Crippen LogP contribution in [-0.2, 0) is 0 Å². The summed E-state index contributed by atoms with van der Waals surface area (Å²) in [5.41, 5.74) is 4.82. The summed E-state index contributed by atoms with van der Waals surface area (Å²) in [4.78, 5) is 2.41. The van der Waals surface area contributed by atoms with Gasteiger partial charge in [-0.25, -0.2) is 0 Å². The van der Waals surface area contributed by atoms with Gasteiger partial charge in [-0.2, -0.15) is 13.2 Å². The molecular formula is C6H6ClF3N2. The van der Waals surface area contributed by atoms with E-state index in [1.165, 1.54) is 0 Å². The van der Waals surface area contributed by atoms with Crippen molar-refractivity contribution in [2.45, 2.75) is 12.2 Å². The van der Waals surface area contributed by atoms with Crippen LogP contribution in [-0.4, -0.2) is 11.2 Å². The molecule has 0 radical (unpaired) electrons. The third kappa shape index (κ3) is 1.92. The van der Waals surface area contributed by atoms with E-state index in [4.69, 9.17) is 17.3 Å². The number of halogens is 4. The van der Waals surface area contributed by atoms with Crippen LogP contribution in [0.5, 0.6) is 0 Å². The van der Waals surface area contributed by atoms with Crippen LogP contribution in [0.1, 0.15) is 11.6 Å². The molecule has 1 heterocycles. The van der Waals surface area contributed by atoms with Crippen molar-refractivity contribution in [2.75, 3.05) is 0 Å². The van der Waals surface area contributed by atoms with Gasteiger partial charge in [-0.05, 0) is 11.6 Å². The van der Waals surface area contributed by atoms with Crippen molar-refractivity contribution >= 4 is 11.6 Å². The van der Waals surface area contributed by atoms with E-state index in [0.29, 0.717) is 0 Å². The Hall–Kier alpha value is -0.680. The lowest BCUT2D eigenvalue weighted by Gasteiger charge is -2.13. The van der Waals surface area contributed by atoms with Gasteiger partial charge in [-0.3, -0.25) is 0 Å². The number of aromatic amines is 1. The summed E-state index contributed by atoms with van der Waals surface area (Å²) in [5.74, 6) is 0. The van der Waals surface area contributed by atoms with E-state index in [9.17, 15) is 13.2 Å². The molecule has 0 aliphatic rings. The van der Waals surface area contributed by atoms with Crippen LogP contribution in [0.15, 0.2) is 12.3 Å². The quantitative estimate of drug-likeness (QED) is 0.714. The molecule has 0 saturated heterocycles. The zero-order valence-electron chi connectivity index (χ0n) is 5.82. The maximum absolute atomic E-state index is 12.0. The van der Waals surface area contributed by atoms with Crippen LogP contribution >= 0.6 is 11.6 Å². The number of H-pyrrole nitrogens is 1. The second-order valence-corrected chi connectivity index (χ2v) is 2.71. The predicted octanol–water partition coefficient (Wildman–Crippen LogP) is 2.23. The minimum atomic E-state index is -4.43. The van der Waals surface area contributed by atoms with Crippen molar-refractivity contribution in [3.05, 3.63) is 23.0 Å². The van der Waals surface area contributed by atoms with Crippen molar-refractivity contribution < 1.29 is 13.2 Å². The number of nitrogens with two attached hydrogens (primary N) is 1. The Morgan fingerprint density at radius 1 is 1.50 bits per heavy atom. The summed E-state index contributed by atoms with van der Waals surface area (Å²) in [6.45, 7) is 0. The fourth-order valence-electron chi connectivity index (χ4n) is 0.750. The van der Waals surface area contributed by atoms with E-state index < -0.39 is 12.2 Å². The topological polar surface area (TPSA) is 41.8 Å². The molecule has 1 aromatic rings. The molecule has 0 saturated carbocycles. The molecule has 1 unspecified atom stereocenters. The van der Waals surface area contributed by atoms with Gasteiger partial charge < -0.3 is 10.7 Å². The third-order valence-corrected chi connectivity index (χ3v) is 1.60. The molecule has 3 N–H and O–H groups in total.